The predicted molar refractivity (Wildman–Crippen MR) is 101 cm³/mol. The second-order valence-corrected chi connectivity index (χ2v) is 6.46. The quantitative estimate of drug-likeness (QED) is 0.730. The molecule has 0 aliphatic rings. The van der Waals surface area contributed by atoms with Crippen molar-refractivity contribution in [3.05, 3.63) is 52.7 Å². The highest BCUT2D eigenvalue weighted by Gasteiger charge is 2.04. The topological polar surface area (TPSA) is 54.5 Å². The number of benzene rings is 1. The first-order valence-corrected chi connectivity index (χ1v) is 8.61. The number of aryl methyl sites for hydroxylation is 1. The summed E-state index contributed by atoms with van der Waals surface area (Å²) in [6.07, 6.45) is 2.84. The summed E-state index contributed by atoms with van der Waals surface area (Å²) in [5.74, 6) is 1.66. The third-order valence-electron chi connectivity index (χ3n) is 3.70. The Kier molecular flexibility index (Phi) is 7.07. The molecular weight excluding hydrogens is 338 g/mol. The number of nitrogens with one attached hydrogen (secondary N) is 1. The van der Waals surface area contributed by atoms with Crippen molar-refractivity contribution in [3.63, 3.8) is 0 Å². The lowest BCUT2D eigenvalue weighted by Crippen LogP contribution is -2.23. The van der Waals surface area contributed by atoms with Crippen LogP contribution in [-0.2, 0) is 11.3 Å². The fourth-order valence-corrected chi connectivity index (χ4v) is 2.35. The van der Waals surface area contributed by atoms with Crippen molar-refractivity contribution in [3.8, 4) is 5.75 Å². The summed E-state index contributed by atoms with van der Waals surface area (Å²) in [5, 5.41) is 3.64. The molecule has 1 aromatic carbocycles. The van der Waals surface area contributed by atoms with E-state index in [4.69, 9.17) is 16.3 Å². The summed E-state index contributed by atoms with van der Waals surface area (Å²) in [6, 6.07) is 9.41. The first-order valence-electron chi connectivity index (χ1n) is 8.23. The van der Waals surface area contributed by atoms with Crippen LogP contribution in [0.1, 0.15) is 24.0 Å². The van der Waals surface area contributed by atoms with Gasteiger partial charge in [-0.2, -0.15) is 0 Å². The Balaban J connectivity index is 1.68. The molecular formula is C19H24ClN3O2. The van der Waals surface area contributed by atoms with Crippen LogP contribution in [0.5, 0.6) is 5.75 Å². The van der Waals surface area contributed by atoms with E-state index in [1.165, 1.54) is 0 Å². The summed E-state index contributed by atoms with van der Waals surface area (Å²) < 4.78 is 5.64. The van der Waals surface area contributed by atoms with E-state index < -0.39 is 0 Å². The monoisotopic (exact) mass is 361 g/mol. The van der Waals surface area contributed by atoms with Gasteiger partial charge in [-0.1, -0.05) is 11.6 Å². The number of hydrogen-bond acceptors (Lipinski definition) is 4. The van der Waals surface area contributed by atoms with E-state index in [-0.39, 0.29) is 5.91 Å². The van der Waals surface area contributed by atoms with Crippen LogP contribution in [0, 0.1) is 6.92 Å². The number of aromatic nitrogens is 1. The van der Waals surface area contributed by atoms with Crippen LogP contribution in [-0.4, -0.2) is 31.6 Å². The molecule has 25 heavy (non-hydrogen) atoms. The van der Waals surface area contributed by atoms with Gasteiger partial charge in [0, 0.05) is 38.3 Å². The van der Waals surface area contributed by atoms with Crippen LogP contribution in [0.2, 0.25) is 5.02 Å². The molecule has 2 aromatic rings. The zero-order valence-electron chi connectivity index (χ0n) is 14.9. The lowest BCUT2D eigenvalue weighted by atomic mass is 10.2. The number of anilines is 1. The van der Waals surface area contributed by atoms with Crippen LogP contribution in [0.15, 0.2) is 36.5 Å². The number of carbonyl (C=O) groups is 1. The standard InChI is InChI=1S/C19H24ClN3O2/c1-14-11-16(6-7-17(14)20)25-10-4-5-19(24)22-13-15-8-9-21-18(12-15)23(2)3/h6-9,11-12H,4-5,10,13H2,1-3H3,(H,22,24). The van der Waals surface area contributed by atoms with Crippen molar-refractivity contribution in [2.24, 2.45) is 0 Å². The molecule has 134 valence electrons. The van der Waals surface area contributed by atoms with Gasteiger partial charge in [-0.3, -0.25) is 4.79 Å². The molecule has 0 fully saturated rings. The molecule has 5 nitrogen and oxygen atoms in total. The van der Waals surface area contributed by atoms with Crippen molar-refractivity contribution in [1.82, 2.24) is 10.3 Å². The molecule has 0 atom stereocenters. The zero-order chi connectivity index (χ0) is 18.2. The van der Waals surface area contributed by atoms with Crippen molar-refractivity contribution in [2.75, 3.05) is 25.6 Å². The highest BCUT2D eigenvalue weighted by atomic mass is 35.5. The van der Waals surface area contributed by atoms with Crippen molar-refractivity contribution >= 4 is 23.3 Å². The Bertz CT molecular complexity index is 720. The van der Waals surface area contributed by atoms with Gasteiger partial charge in [-0.15, -0.1) is 0 Å². The molecule has 0 bridgehead atoms. The molecule has 6 heteroatoms. The lowest BCUT2D eigenvalue weighted by molar-refractivity contribution is -0.121. The summed E-state index contributed by atoms with van der Waals surface area (Å²) >= 11 is 5.98. The Morgan fingerprint density at radius 3 is 2.80 bits per heavy atom. The van der Waals surface area contributed by atoms with Gasteiger partial charge in [0.25, 0.3) is 0 Å². The fourth-order valence-electron chi connectivity index (χ4n) is 2.23. The minimum Gasteiger partial charge on any atom is -0.494 e. The van der Waals surface area contributed by atoms with Crippen molar-refractivity contribution in [2.45, 2.75) is 26.3 Å². The van der Waals surface area contributed by atoms with Gasteiger partial charge in [-0.05, 0) is 54.8 Å². The minimum atomic E-state index is 0.0131. The molecule has 1 N–H and O–H groups in total. The first-order chi connectivity index (χ1) is 12.0. The van der Waals surface area contributed by atoms with Crippen LogP contribution in [0.4, 0.5) is 5.82 Å². The van der Waals surface area contributed by atoms with Gasteiger partial charge in [-0.25, -0.2) is 4.98 Å². The molecule has 0 saturated carbocycles. The van der Waals surface area contributed by atoms with E-state index in [0.29, 0.717) is 26.0 Å². The molecule has 0 aliphatic carbocycles. The van der Waals surface area contributed by atoms with Crippen LogP contribution >= 0.6 is 11.6 Å². The van der Waals surface area contributed by atoms with Crippen LogP contribution in [0.25, 0.3) is 0 Å². The number of carbonyl (C=O) groups excluding carboxylic acids is 1. The maximum absolute atomic E-state index is 11.9. The van der Waals surface area contributed by atoms with E-state index in [2.05, 4.69) is 10.3 Å². The molecule has 0 spiro atoms. The number of halogens is 1. The van der Waals surface area contributed by atoms with Gasteiger partial charge in [0.2, 0.25) is 5.91 Å². The average molecular weight is 362 g/mol. The normalized spacial score (nSPS) is 10.4. The van der Waals surface area contributed by atoms with Gasteiger partial charge in [0.1, 0.15) is 11.6 Å². The molecule has 0 saturated heterocycles. The third kappa shape index (κ3) is 6.27. The maximum atomic E-state index is 11.9. The molecule has 1 heterocycles. The second-order valence-electron chi connectivity index (χ2n) is 6.06. The van der Waals surface area contributed by atoms with E-state index in [0.717, 1.165) is 27.7 Å². The largest absolute Gasteiger partial charge is 0.494 e. The summed E-state index contributed by atoms with van der Waals surface area (Å²) in [5.41, 5.74) is 2.01. The number of pyridine rings is 1. The number of hydrogen-bond donors (Lipinski definition) is 1. The summed E-state index contributed by atoms with van der Waals surface area (Å²) in [4.78, 5) is 18.1. The highest BCUT2D eigenvalue weighted by molar-refractivity contribution is 6.31. The van der Waals surface area contributed by atoms with Gasteiger partial charge in [0.05, 0.1) is 6.61 Å². The Hall–Kier alpha value is -2.27. The van der Waals surface area contributed by atoms with E-state index in [9.17, 15) is 4.79 Å². The number of rotatable bonds is 8. The second kappa shape index (κ2) is 9.28. The maximum Gasteiger partial charge on any atom is 0.220 e. The van der Waals surface area contributed by atoms with Gasteiger partial charge >= 0.3 is 0 Å². The van der Waals surface area contributed by atoms with Crippen LogP contribution in [0.3, 0.4) is 0 Å². The Morgan fingerprint density at radius 1 is 1.28 bits per heavy atom. The minimum absolute atomic E-state index is 0.0131. The first kappa shape index (κ1) is 19.1. The Labute approximate surface area is 154 Å². The Morgan fingerprint density at radius 2 is 2.08 bits per heavy atom. The molecule has 0 unspecified atom stereocenters. The van der Waals surface area contributed by atoms with Gasteiger partial charge < -0.3 is 15.0 Å². The average Bonchev–Trinajstić information content (AvgIpc) is 2.60. The van der Waals surface area contributed by atoms with E-state index in [1.54, 1.807) is 6.20 Å². The van der Waals surface area contributed by atoms with Crippen molar-refractivity contribution < 1.29 is 9.53 Å². The molecule has 1 aromatic heterocycles. The predicted octanol–water partition coefficient (Wildman–Crippen LogP) is 3.58. The lowest BCUT2D eigenvalue weighted by Gasteiger charge is -2.12. The van der Waals surface area contributed by atoms with Crippen molar-refractivity contribution in [1.29, 1.82) is 0 Å². The SMILES string of the molecule is Cc1cc(OCCCC(=O)NCc2ccnc(N(C)C)c2)ccc1Cl. The molecule has 2 rings (SSSR count). The summed E-state index contributed by atoms with van der Waals surface area (Å²) in [6.45, 7) is 2.93. The third-order valence-corrected chi connectivity index (χ3v) is 4.13. The van der Waals surface area contributed by atoms with E-state index >= 15 is 0 Å². The van der Waals surface area contributed by atoms with Gasteiger partial charge in [0.15, 0.2) is 0 Å². The smallest absolute Gasteiger partial charge is 0.220 e. The summed E-state index contributed by atoms with van der Waals surface area (Å²) in [7, 11) is 3.87. The number of nitrogens with zero attached hydrogens (tertiary/aromatic N) is 2. The molecule has 1 amide bonds. The molecule has 0 radical (unpaired) electrons. The molecule has 0 aliphatic heterocycles. The fraction of sp³-hybridized carbons (Fsp3) is 0.368. The number of ether oxygens (including phenoxy) is 1. The number of amides is 1. The van der Waals surface area contributed by atoms with Crippen LogP contribution < -0.4 is 15.0 Å². The van der Waals surface area contributed by atoms with E-state index in [1.807, 2.05) is 56.3 Å². The zero-order valence-corrected chi connectivity index (χ0v) is 15.6. The highest BCUT2D eigenvalue weighted by Crippen LogP contribution is 2.21.